The summed E-state index contributed by atoms with van der Waals surface area (Å²) in [4.78, 5) is 27.8. The molecule has 2 aromatic rings. The molecule has 5 heteroatoms. The molecule has 4 rings (SSSR count). The van der Waals surface area contributed by atoms with E-state index in [1.54, 1.807) is 11.3 Å². The quantitative estimate of drug-likeness (QED) is 0.514. The molecule has 0 spiro atoms. The van der Waals surface area contributed by atoms with Crippen molar-refractivity contribution >= 4 is 34.5 Å². The lowest BCUT2D eigenvalue weighted by molar-refractivity contribution is -0.123. The van der Waals surface area contributed by atoms with Crippen LogP contribution < -0.4 is 0 Å². The summed E-state index contributed by atoms with van der Waals surface area (Å²) in [7, 11) is 0. The zero-order chi connectivity index (χ0) is 19.0. The van der Waals surface area contributed by atoms with E-state index >= 15 is 0 Å². The summed E-state index contributed by atoms with van der Waals surface area (Å²) in [6.45, 7) is 3.45. The van der Waals surface area contributed by atoms with E-state index < -0.39 is 5.92 Å². The van der Waals surface area contributed by atoms with Crippen molar-refractivity contribution in [1.82, 2.24) is 0 Å². The minimum atomic E-state index is -0.645. The Balaban J connectivity index is 1.61. The molecule has 0 bridgehead atoms. The summed E-state index contributed by atoms with van der Waals surface area (Å²) in [5, 5.41) is 0.691. The number of ketones is 2. The Kier molecular flexibility index (Phi) is 5.31. The minimum absolute atomic E-state index is 0.0156. The van der Waals surface area contributed by atoms with E-state index in [0.29, 0.717) is 16.5 Å². The van der Waals surface area contributed by atoms with Gasteiger partial charge < -0.3 is 4.74 Å². The van der Waals surface area contributed by atoms with Crippen LogP contribution in [0, 0.1) is 12.8 Å². The number of benzene rings is 1. The highest BCUT2D eigenvalue weighted by molar-refractivity contribution is 7.15. The number of allylic oxidation sites excluding steroid dienone is 2. The molecule has 2 heterocycles. The lowest BCUT2D eigenvalue weighted by atomic mass is 9.93. The first kappa shape index (κ1) is 18.6. The average Bonchev–Trinajstić information content (AvgIpc) is 3.16. The van der Waals surface area contributed by atoms with E-state index in [1.807, 2.05) is 43.3 Å². The number of Topliss-reactive ketones (excluding diaryl/α,β-unsaturated/α-hetero) is 2. The molecule has 2 aliphatic rings. The molecule has 1 aliphatic carbocycles. The summed E-state index contributed by atoms with van der Waals surface area (Å²) in [5.74, 6) is -0.303. The number of carbonyl (C=O) groups is 2. The fourth-order valence-electron chi connectivity index (χ4n) is 3.87. The van der Waals surface area contributed by atoms with Crippen LogP contribution in [0.4, 0.5) is 0 Å². The second-order valence-corrected chi connectivity index (χ2v) is 8.90. The number of carbonyl (C=O) groups excluding carboxylic acids is 2. The average molecular weight is 401 g/mol. The highest BCUT2D eigenvalue weighted by Crippen LogP contribution is 2.40. The van der Waals surface area contributed by atoms with Crippen LogP contribution in [0.2, 0.25) is 5.02 Å². The van der Waals surface area contributed by atoms with Gasteiger partial charge in [-0.15, -0.1) is 11.3 Å². The van der Waals surface area contributed by atoms with Gasteiger partial charge in [0.2, 0.25) is 0 Å². The van der Waals surface area contributed by atoms with Crippen molar-refractivity contribution in [2.24, 2.45) is 5.92 Å². The molecule has 0 N–H and O–H groups in total. The smallest absolute Gasteiger partial charge is 0.173 e. The van der Waals surface area contributed by atoms with Crippen LogP contribution in [0.3, 0.4) is 0 Å². The second-order valence-electron chi connectivity index (χ2n) is 7.21. The summed E-state index contributed by atoms with van der Waals surface area (Å²) in [6.07, 6.45) is 4.14. The predicted octanol–water partition coefficient (Wildman–Crippen LogP) is 5.36. The van der Waals surface area contributed by atoms with Crippen molar-refractivity contribution in [2.75, 3.05) is 13.2 Å². The minimum Gasteiger partial charge on any atom is -0.381 e. The number of thiophene rings is 1. The molecular formula is C22H21ClO3S. The van der Waals surface area contributed by atoms with E-state index in [4.69, 9.17) is 16.3 Å². The standard InChI is InChI=1S/C22H21ClO3S/c1-13-18(12-20(27-13)15-2-4-17(23)5-3-15)21-19(24)11-16(22(21)25)10-14-6-8-26-9-7-14/h2-5,10,12,14,21H,6-9,11H2,1H3. The van der Waals surface area contributed by atoms with E-state index in [2.05, 4.69) is 0 Å². The molecule has 0 radical (unpaired) electrons. The first-order valence-corrected chi connectivity index (χ1v) is 10.4. The topological polar surface area (TPSA) is 43.4 Å². The molecule has 1 unspecified atom stereocenters. The molecule has 27 heavy (non-hydrogen) atoms. The highest BCUT2D eigenvalue weighted by Gasteiger charge is 2.40. The monoisotopic (exact) mass is 400 g/mol. The van der Waals surface area contributed by atoms with Gasteiger partial charge >= 0.3 is 0 Å². The summed E-state index contributed by atoms with van der Waals surface area (Å²) in [5.41, 5.74) is 2.60. The zero-order valence-corrected chi connectivity index (χ0v) is 16.7. The SMILES string of the molecule is Cc1sc(-c2ccc(Cl)cc2)cc1C1C(=O)CC(=CC2CCOCC2)C1=O. The van der Waals surface area contributed by atoms with Crippen LogP contribution in [0.15, 0.2) is 42.0 Å². The third-order valence-electron chi connectivity index (χ3n) is 5.36. The third kappa shape index (κ3) is 3.79. The van der Waals surface area contributed by atoms with E-state index in [-0.39, 0.29) is 18.0 Å². The number of hydrogen-bond acceptors (Lipinski definition) is 4. The van der Waals surface area contributed by atoms with Gasteiger partial charge in [-0.05, 0) is 60.6 Å². The van der Waals surface area contributed by atoms with Crippen molar-refractivity contribution < 1.29 is 14.3 Å². The lowest BCUT2D eigenvalue weighted by Gasteiger charge is -2.19. The van der Waals surface area contributed by atoms with E-state index in [1.165, 1.54) is 0 Å². The Morgan fingerprint density at radius 2 is 1.85 bits per heavy atom. The number of hydrogen-bond donors (Lipinski definition) is 0. The van der Waals surface area contributed by atoms with Crippen molar-refractivity contribution in [1.29, 1.82) is 0 Å². The Labute approximate surface area is 168 Å². The highest BCUT2D eigenvalue weighted by atomic mass is 35.5. The largest absolute Gasteiger partial charge is 0.381 e. The van der Waals surface area contributed by atoms with Crippen LogP contribution in [0.25, 0.3) is 10.4 Å². The van der Waals surface area contributed by atoms with Crippen molar-refractivity contribution in [2.45, 2.75) is 32.1 Å². The zero-order valence-electron chi connectivity index (χ0n) is 15.2. The first-order valence-electron chi connectivity index (χ1n) is 9.24. The van der Waals surface area contributed by atoms with Gasteiger partial charge in [-0.1, -0.05) is 29.8 Å². The molecule has 0 amide bonds. The summed E-state index contributed by atoms with van der Waals surface area (Å²) >= 11 is 7.59. The van der Waals surface area contributed by atoms with Crippen LogP contribution >= 0.6 is 22.9 Å². The van der Waals surface area contributed by atoms with Crippen molar-refractivity contribution in [3.8, 4) is 10.4 Å². The summed E-state index contributed by atoms with van der Waals surface area (Å²) < 4.78 is 5.38. The second kappa shape index (κ2) is 7.70. The van der Waals surface area contributed by atoms with Crippen LogP contribution in [0.5, 0.6) is 0 Å². The van der Waals surface area contributed by atoms with Gasteiger partial charge in [-0.2, -0.15) is 0 Å². The summed E-state index contributed by atoms with van der Waals surface area (Å²) in [6, 6.07) is 9.64. The molecule has 1 aromatic heterocycles. The Bertz CT molecular complexity index is 904. The van der Waals surface area contributed by atoms with Crippen LogP contribution in [0.1, 0.15) is 35.6 Å². The van der Waals surface area contributed by atoms with Gasteiger partial charge in [-0.25, -0.2) is 0 Å². The maximum absolute atomic E-state index is 13.0. The fraction of sp³-hybridized carbons (Fsp3) is 0.364. The van der Waals surface area contributed by atoms with Crippen LogP contribution in [-0.2, 0) is 14.3 Å². The molecule has 3 nitrogen and oxygen atoms in total. The molecule has 140 valence electrons. The van der Waals surface area contributed by atoms with Gasteiger partial charge in [0.05, 0.1) is 0 Å². The van der Waals surface area contributed by atoms with Gasteiger partial charge in [0.25, 0.3) is 0 Å². The van der Waals surface area contributed by atoms with Crippen molar-refractivity contribution in [3.63, 3.8) is 0 Å². The number of rotatable bonds is 3. The van der Waals surface area contributed by atoms with Gasteiger partial charge in [0, 0.05) is 34.4 Å². The first-order chi connectivity index (χ1) is 13.0. The normalized spacial score (nSPS) is 22.7. The number of halogens is 1. The molecule has 1 atom stereocenters. The predicted molar refractivity (Wildman–Crippen MR) is 109 cm³/mol. The van der Waals surface area contributed by atoms with Crippen LogP contribution in [-0.4, -0.2) is 24.8 Å². The molecule has 1 aromatic carbocycles. The molecular weight excluding hydrogens is 380 g/mol. The Morgan fingerprint density at radius 3 is 2.56 bits per heavy atom. The van der Waals surface area contributed by atoms with E-state index in [0.717, 1.165) is 46.9 Å². The molecule has 1 aliphatic heterocycles. The number of aryl methyl sites for hydroxylation is 1. The Hall–Kier alpha value is -1.75. The van der Waals surface area contributed by atoms with Crippen molar-refractivity contribution in [3.05, 3.63) is 57.4 Å². The fourth-order valence-corrected chi connectivity index (χ4v) is 5.06. The maximum Gasteiger partial charge on any atom is 0.173 e. The lowest BCUT2D eigenvalue weighted by Crippen LogP contribution is -2.15. The van der Waals surface area contributed by atoms with E-state index in [9.17, 15) is 9.59 Å². The third-order valence-corrected chi connectivity index (χ3v) is 6.73. The maximum atomic E-state index is 13.0. The Morgan fingerprint density at radius 1 is 1.15 bits per heavy atom. The molecule has 1 saturated heterocycles. The number of ether oxygens (including phenoxy) is 1. The van der Waals surface area contributed by atoms with Gasteiger partial charge in [-0.3, -0.25) is 9.59 Å². The molecule has 1 saturated carbocycles. The van der Waals surface area contributed by atoms with Gasteiger partial charge in [0.15, 0.2) is 11.6 Å². The molecule has 2 fully saturated rings. The van der Waals surface area contributed by atoms with Gasteiger partial charge in [0.1, 0.15) is 5.92 Å².